The zero-order valence-corrected chi connectivity index (χ0v) is 11.0. The molecule has 1 atom stereocenters. The fourth-order valence-corrected chi connectivity index (χ4v) is 1.81. The molecule has 0 saturated heterocycles. The third kappa shape index (κ3) is 3.49. The lowest BCUT2D eigenvalue weighted by atomic mass is 10.2. The summed E-state index contributed by atoms with van der Waals surface area (Å²) in [6, 6.07) is -0.794. The van der Waals surface area contributed by atoms with Crippen LogP contribution in [0.3, 0.4) is 0 Å². The summed E-state index contributed by atoms with van der Waals surface area (Å²) < 4.78 is 37.1. The van der Waals surface area contributed by atoms with Gasteiger partial charge in [0.15, 0.2) is 5.65 Å². The summed E-state index contributed by atoms with van der Waals surface area (Å²) in [5, 5.41) is 12.7. The Morgan fingerprint density at radius 3 is 2.75 bits per heavy atom. The van der Waals surface area contributed by atoms with Gasteiger partial charge in [-0.05, 0) is 13.8 Å². The van der Waals surface area contributed by atoms with Crippen LogP contribution in [-0.2, 0) is 0 Å². The van der Waals surface area contributed by atoms with Crippen LogP contribution in [0.4, 0.5) is 24.9 Å². The zero-order chi connectivity index (χ0) is 14.8. The van der Waals surface area contributed by atoms with E-state index in [0.717, 1.165) is 0 Å². The van der Waals surface area contributed by atoms with Crippen molar-refractivity contribution in [2.45, 2.75) is 32.5 Å². The Morgan fingerprint density at radius 1 is 1.35 bits per heavy atom. The second kappa shape index (κ2) is 5.51. The van der Waals surface area contributed by atoms with Crippen LogP contribution in [0.15, 0.2) is 6.20 Å². The Morgan fingerprint density at radius 2 is 2.10 bits per heavy atom. The highest BCUT2D eigenvalue weighted by Crippen LogP contribution is 2.25. The minimum absolute atomic E-state index is 0.330. The lowest BCUT2D eigenvalue weighted by Crippen LogP contribution is -2.24. The van der Waals surface area contributed by atoms with Crippen LogP contribution >= 0.6 is 0 Å². The van der Waals surface area contributed by atoms with Crippen molar-refractivity contribution in [2.24, 2.45) is 0 Å². The van der Waals surface area contributed by atoms with Gasteiger partial charge >= 0.3 is 6.18 Å². The first-order valence-corrected chi connectivity index (χ1v) is 6.17. The molecule has 0 fully saturated rings. The SMILES string of the molecule is CCNc1nc(NC(C)CC(F)(F)F)c2cn[nH]c2n1. The molecule has 0 aromatic carbocycles. The first-order chi connectivity index (χ1) is 9.39. The first-order valence-electron chi connectivity index (χ1n) is 6.17. The fraction of sp³-hybridized carbons (Fsp3) is 0.545. The molecule has 1 unspecified atom stereocenters. The summed E-state index contributed by atoms with van der Waals surface area (Å²) in [6.45, 7) is 3.94. The summed E-state index contributed by atoms with van der Waals surface area (Å²) in [5.41, 5.74) is 0.470. The summed E-state index contributed by atoms with van der Waals surface area (Å²) in [4.78, 5) is 8.34. The minimum atomic E-state index is -4.22. The van der Waals surface area contributed by atoms with Crippen molar-refractivity contribution >= 4 is 22.8 Å². The molecule has 0 aliphatic heterocycles. The van der Waals surface area contributed by atoms with E-state index >= 15 is 0 Å². The monoisotopic (exact) mass is 288 g/mol. The second-order valence-electron chi connectivity index (χ2n) is 4.42. The number of hydrogen-bond acceptors (Lipinski definition) is 5. The van der Waals surface area contributed by atoms with Crippen molar-refractivity contribution in [3.8, 4) is 0 Å². The van der Waals surface area contributed by atoms with Crippen molar-refractivity contribution < 1.29 is 13.2 Å². The molecule has 0 aliphatic rings. The van der Waals surface area contributed by atoms with E-state index in [0.29, 0.717) is 29.3 Å². The molecule has 0 spiro atoms. The maximum Gasteiger partial charge on any atom is 0.391 e. The average molecular weight is 288 g/mol. The molecule has 2 rings (SSSR count). The molecular weight excluding hydrogens is 273 g/mol. The van der Waals surface area contributed by atoms with Gasteiger partial charge in [0.1, 0.15) is 5.82 Å². The molecule has 9 heteroatoms. The van der Waals surface area contributed by atoms with E-state index in [9.17, 15) is 13.2 Å². The topological polar surface area (TPSA) is 78.5 Å². The fourth-order valence-electron chi connectivity index (χ4n) is 1.81. The number of nitrogens with zero attached hydrogens (tertiary/aromatic N) is 3. The van der Waals surface area contributed by atoms with E-state index in [1.807, 2.05) is 6.92 Å². The molecule has 2 aromatic heterocycles. The average Bonchev–Trinajstić information content (AvgIpc) is 2.74. The molecular formula is C11H15F3N6. The van der Waals surface area contributed by atoms with Gasteiger partial charge < -0.3 is 10.6 Å². The van der Waals surface area contributed by atoms with Gasteiger partial charge in [-0.2, -0.15) is 28.2 Å². The number of hydrogen-bond donors (Lipinski definition) is 3. The molecule has 20 heavy (non-hydrogen) atoms. The van der Waals surface area contributed by atoms with Crippen LogP contribution in [0, 0.1) is 0 Å². The summed E-state index contributed by atoms with van der Waals surface area (Å²) in [7, 11) is 0. The Balaban J connectivity index is 2.25. The van der Waals surface area contributed by atoms with Crippen LogP contribution in [0.2, 0.25) is 0 Å². The molecule has 0 amide bonds. The largest absolute Gasteiger partial charge is 0.391 e. The van der Waals surface area contributed by atoms with Crippen molar-refractivity contribution in [3.63, 3.8) is 0 Å². The van der Waals surface area contributed by atoms with Crippen LogP contribution in [0.5, 0.6) is 0 Å². The molecule has 110 valence electrons. The van der Waals surface area contributed by atoms with Gasteiger partial charge in [-0.3, -0.25) is 5.10 Å². The molecule has 0 aliphatic carbocycles. The highest BCUT2D eigenvalue weighted by Gasteiger charge is 2.30. The predicted octanol–water partition coefficient (Wildman–Crippen LogP) is 2.54. The van der Waals surface area contributed by atoms with Crippen LogP contribution in [0.1, 0.15) is 20.3 Å². The number of anilines is 2. The zero-order valence-electron chi connectivity index (χ0n) is 11.0. The van der Waals surface area contributed by atoms with Gasteiger partial charge in [0.05, 0.1) is 18.0 Å². The van der Waals surface area contributed by atoms with E-state index in [4.69, 9.17) is 0 Å². The van der Waals surface area contributed by atoms with E-state index in [1.165, 1.54) is 13.1 Å². The maximum absolute atomic E-state index is 12.4. The van der Waals surface area contributed by atoms with Crippen LogP contribution in [0.25, 0.3) is 11.0 Å². The van der Waals surface area contributed by atoms with Gasteiger partial charge in [0, 0.05) is 12.6 Å². The number of H-pyrrole nitrogens is 1. The predicted molar refractivity (Wildman–Crippen MR) is 69.6 cm³/mol. The van der Waals surface area contributed by atoms with Gasteiger partial charge in [-0.15, -0.1) is 0 Å². The molecule has 0 bridgehead atoms. The number of nitrogens with one attached hydrogen (secondary N) is 3. The van der Waals surface area contributed by atoms with Crippen molar-refractivity contribution in [1.82, 2.24) is 20.2 Å². The Kier molecular flexibility index (Phi) is 3.96. The smallest absolute Gasteiger partial charge is 0.366 e. The minimum Gasteiger partial charge on any atom is -0.366 e. The standard InChI is InChI=1S/C11H15F3N6/c1-3-15-10-18-8(7-5-16-20-9(7)19-10)17-6(2)4-11(12,13)14/h5-6H,3-4H2,1-2H3,(H3,15,16,17,18,19,20). The number of alkyl halides is 3. The van der Waals surface area contributed by atoms with Gasteiger partial charge in [-0.25, -0.2) is 0 Å². The van der Waals surface area contributed by atoms with Gasteiger partial charge in [0.25, 0.3) is 0 Å². The molecule has 0 radical (unpaired) electrons. The lowest BCUT2D eigenvalue weighted by Gasteiger charge is -2.17. The highest BCUT2D eigenvalue weighted by molar-refractivity contribution is 5.87. The number of aromatic nitrogens is 4. The Hall–Kier alpha value is -2.06. The summed E-state index contributed by atoms with van der Waals surface area (Å²) in [5.74, 6) is 0.669. The highest BCUT2D eigenvalue weighted by atomic mass is 19.4. The van der Waals surface area contributed by atoms with E-state index in [1.54, 1.807) is 0 Å². The van der Waals surface area contributed by atoms with E-state index < -0.39 is 18.6 Å². The third-order valence-corrected chi connectivity index (χ3v) is 2.57. The number of rotatable bonds is 5. The Bertz CT molecular complexity index is 579. The van der Waals surface area contributed by atoms with E-state index in [2.05, 4.69) is 30.8 Å². The molecule has 2 heterocycles. The number of fused-ring (bicyclic) bond motifs is 1. The summed E-state index contributed by atoms with van der Waals surface area (Å²) in [6.07, 6.45) is -3.68. The second-order valence-corrected chi connectivity index (χ2v) is 4.42. The van der Waals surface area contributed by atoms with Gasteiger partial charge in [-0.1, -0.05) is 0 Å². The lowest BCUT2D eigenvalue weighted by molar-refractivity contribution is -0.136. The van der Waals surface area contributed by atoms with E-state index in [-0.39, 0.29) is 0 Å². The molecule has 3 N–H and O–H groups in total. The van der Waals surface area contributed by atoms with Crippen LogP contribution < -0.4 is 10.6 Å². The molecule has 6 nitrogen and oxygen atoms in total. The van der Waals surface area contributed by atoms with Crippen LogP contribution in [-0.4, -0.2) is 38.9 Å². The molecule has 2 aromatic rings. The molecule has 0 saturated carbocycles. The maximum atomic E-state index is 12.4. The van der Waals surface area contributed by atoms with Gasteiger partial charge in [0.2, 0.25) is 5.95 Å². The normalized spacial score (nSPS) is 13.4. The number of aromatic amines is 1. The Labute approximate surface area is 113 Å². The van der Waals surface area contributed by atoms with Crippen molar-refractivity contribution in [3.05, 3.63) is 6.20 Å². The number of halogens is 3. The quantitative estimate of drug-likeness (QED) is 0.788. The third-order valence-electron chi connectivity index (χ3n) is 2.57. The van der Waals surface area contributed by atoms with Crippen molar-refractivity contribution in [1.29, 1.82) is 0 Å². The first kappa shape index (κ1) is 14.4. The van der Waals surface area contributed by atoms with Crippen molar-refractivity contribution in [2.75, 3.05) is 17.2 Å². The summed E-state index contributed by atoms with van der Waals surface area (Å²) >= 11 is 0.